The number of benzene rings is 1. The topological polar surface area (TPSA) is 50.7 Å². The van der Waals surface area contributed by atoms with Gasteiger partial charge in [0.15, 0.2) is 0 Å². The Labute approximate surface area is 148 Å². The van der Waals surface area contributed by atoms with E-state index in [0.29, 0.717) is 6.04 Å². The van der Waals surface area contributed by atoms with Crippen LogP contribution in [0.4, 0.5) is 11.6 Å². The molecule has 0 radical (unpaired) electrons. The first-order valence-electron chi connectivity index (χ1n) is 8.88. The molecular weight excluding hydrogens is 316 g/mol. The molecule has 2 fully saturated rings. The van der Waals surface area contributed by atoms with Gasteiger partial charge in [-0.15, -0.1) is 0 Å². The van der Waals surface area contributed by atoms with Crippen molar-refractivity contribution in [3.05, 3.63) is 42.2 Å². The number of ether oxygens (including phenoxy) is 2. The number of anilines is 2. The van der Waals surface area contributed by atoms with Gasteiger partial charge in [-0.2, -0.15) is 0 Å². The van der Waals surface area contributed by atoms with Crippen LogP contribution >= 0.6 is 0 Å². The van der Waals surface area contributed by atoms with Crippen LogP contribution in [0.15, 0.2) is 36.7 Å². The summed E-state index contributed by atoms with van der Waals surface area (Å²) in [5.74, 6) is 2.90. The first kappa shape index (κ1) is 16.1. The monoisotopic (exact) mass is 340 g/mol. The molecule has 6 nitrogen and oxygen atoms in total. The van der Waals surface area contributed by atoms with E-state index < -0.39 is 0 Å². The van der Waals surface area contributed by atoms with E-state index in [2.05, 4.69) is 38.0 Å². The van der Waals surface area contributed by atoms with Gasteiger partial charge in [0.2, 0.25) is 0 Å². The third kappa shape index (κ3) is 3.69. The van der Waals surface area contributed by atoms with Gasteiger partial charge in [0, 0.05) is 37.3 Å². The lowest BCUT2D eigenvalue weighted by molar-refractivity contribution is 0.122. The molecule has 1 aromatic heterocycles. The van der Waals surface area contributed by atoms with Crippen molar-refractivity contribution in [3.8, 4) is 5.75 Å². The van der Waals surface area contributed by atoms with Gasteiger partial charge in [-0.3, -0.25) is 0 Å². The smallest absolute Gasteiger partial charge is 0.134 e. The van der Waals surface area contributed by atoms with Crippen LogP contribution in [0.2, 0.25) is 0 Å². The van der Waals surface area contributed by atoms with Crippen LogP contribution in [-0.2, 0) is 11.3 Å². The van der Waals surface area contributed by atoms with E-state index in [0.717, 1.165) is 50.2 Å². The molecule has 0 atom stereocenters. The van der Waals surface area contributed by atoms with Crippen LogP contribution in [0.25, 0.3) is 0 Å². The van der Waals surface area contributed by atoms with Crippen molar-refractivity contribution in [2.24, 2.45) is 0 Å². The number of rotatable bonds is 6. The van der Waals surface area contributed by atoms with Gasteiger partial charge in [0.25, 0.3) is 0 Å². The molecule has 1 aliphatic heterocycles. The third-order valence-corrected chi connectivity index (χ3v) is 4.79. The number of para-hydroxylation sites is 1. The van der Waals surface area contributed by atoms with Crippen LogP contribution in [-0.4, -0.2) is 49.4 Å². The summed E-state index contributed by atoms with van der Waals surface area (Å²) in [5.41, 5.74) is 1.18. The molecule has 0 N–H and O–H groups in total. The average molecular weight is 340 g/mol. The Morgan fingerprint density at radius 3 is 2.76 bits per heavy atom. The third-order valence-electron chi connectivity index (χ3n) is 4.79. The number of aromatic nitrogens is 2. The van der Waals surface area contributed by atoms with E-state index in [1.807, 2.05) is 12.1 Å². The fourth-order valence-corrected chi connectivity index (χ4v) is 3.26. The normalized spacial score (nSPS) is 17.4. The first-order valence-corrected chi connectivity index (χ1v) is 8.88. The Morgan fingerprint density at radius 2 is 2.00 bits per heavy atom. The molecule has 1 saturated carbocycles. The zero-order chi connectivity index (χ0) is 17.1. The lowest BCUT2D eigenvalue weighted by Crippen LogP contribution is -2.37. The summed E-state index contributed by atoms with van der Waals surface area (Å²) >= 11 is 0. The number of methoxy groups -OCH3 is 1. The molecule has 2 heterocycles. The van der Waals surface area contributed by atoms with Gasteiger partial charge < -0.3 is 19.3 Å². The quantitative estimate of drug-likeness (QED) is 0.805. The van der Waals surface area contributed by atoms with E-state index >= 15 is 0 Å². The summed E-state index contributed by atoms with van der Waals surface area (Å²) in [6, 6.07) is 10.9. The summed E-state index contributed by atoms with van der Waals surface area (Å²) in [4.78, 5) is 13.7. The SMILES string of the molecule is COc1ccccc1CN(c1cc(N2CCOCC2)ncn1)C1CC1. The zero-order valence-corrected chi connectivity index (χ0v) is 14.6. The molecule has 132 valence electrons. The molecule has 2 aliphatic rings. The summed E-state index contributed by atoms with van der Waals surface area (Å²) in [7, 11) is 1.72. The second-order valence-electron chi connectivity index (χ2n) is 6.50. The highest BCUT2D eigenvalue weighted by molar-refractivity contribution is 5.52. The number of hydrogen-bond donors (Lipinski definition) is 0. The highest BCUT2D eigenvalue weighted by Gasteiger charge is 2.31. The van der Waals surface area contributed by atoms with Crippen molar-refractivity contribution in [1.82, 2.24) is 9.97 Å². The Morgan fingerprint density at radius 1 is 1.20 bits per heavy atom. The lowest BCUT2D eigenvalue weighted by atomic mass is 10.2. The van der Waals surface area contributed by atoms with Crippen molar-refractivity contribution >= 4 is 11.6 Å². The Balaban J connectivity index is 1.58. The molecule has 25 heavy (non-hydrogen) atoms. The molecule has 0 unspecified atom stereocenters. The number of morpholine rings is 1. The summed E-state index contributed by atoms with van der Waals surface area (Å²) in [6.07, 6.45) is 4.11. The maximum Gasteiger partial charge on any atom is 0.134 e. The standard InChI is InChI=1S/C19H24N4O2/c1-24-17-5-3-2-4-15(17)13-23(16-6-7-16)19-12-18(20-14-21-19)22-8-10-25-11-9-22/h2-5,12,14,16H,6-11,13H2,1H3. The van der Waals surface area contributed by atoms with Crippen molar-refractivity contribution in [2.75, 3.05) is 43.2 Å². The Kier molecular flexibility index (Phi) is 4.70. The Hall–Kier alpha value is -2.34. The minimum absolute atomic E-state index is 0.553. The summed E-state index contributed by atoms with van der Waals surface area (Å²) < 4.78 is 11.0. The molecule has 2 aromatic rings. The number of hydrogen-bond acceptors (Lipinski definition) is 6. The van der Waals surface area contributed by atoms with Crippen LogP contribution in [0.1, 0.15) is 18.4 Å². The largest absolute Gasteiger partial charge is 0.496 e. The zero-order valence-electron chi connectivity index (χ0n) is 14.6. The molecule has 6 heteroatoms. The van der Waals surface area contributed by atoms with E-state index in [4.69, 9.17) is 9.47 Å². The number of nitrogens with zero attached hydrogens (tertiary/aromatic N) is 4. The molecule has 1 saturated heterocycles. The highest BCUT2D eigenvalue weighted by Crippen LogP contribution is 2.34. The lowest BCUT2D eigenvalue weighted by Gasteiger charge is -2.29. The maximum atomic E-state index is 5.52. The molecule has 1 aromatic carbocycles. The molecule has 1 aliphatic carbocycles. The molecular formula is C19H24N4O2. The second kappa shape index (κ2) is 7.27. The van der Waals surface area contributed by atoms with Gasteiger partial charge in [-0.1, -0.05) is 18.2 Å². The molecule has 0 spiro atoms. The van der Waals surface area contributed by atoms with Crippen LogP contribution < -0.4 is 14.5 Å². The fraction of sp³-hybridized carbons (Fsp3) is 0.474. The van der Waals surface area contributed by atoms with Gasteiger partial charge in [0.1, 0.15) is 23.7 Å². The second-order valence-corrected chi connectivity index (χ2v) is 6.50. The predicted molar refractivity (Wildman–Crippen MR) is 97.3 cm³/mol. The van der Waals surface area contributed by atoms with Crippen molar-refractivity contribution in [2.45, 2.75) is 25.4 Å². The van der Waals surface area contributed by atoms with Crippen LogP contribution in [0, 0.1) is 0 Å². The summed E-state index contributed by atoms with van der Waals surface area (Å²) in [5, 5.41) is 0. The van der Waals surface area contributed by atoms with E-state index in [9.17, 15) is 0 Å². The molecule has 0 bridgehead atoms. The molecule has 0 amide bonds. The van der Waals surface area contributed by atoms with Gasteiger partial charge in [0.05, 0.1) is 20.3 Å². The fourth-order valence-electron chi connectivity index (χ4n) is 3.26. The average Bonchev–Trinajstić information content (AvgIpc) is 3.52. The minimum atomic E-state index is 0.553. The van der Waals surface area contributed by atoms with Crippen molar-refractivity contribution < 1.29 is 9.47 Å². The van der Waals surface area contributed by atoms with Gasteiger partial charge in [-0.05, 0) is 18.9 Å². The summed E-state index contributed by atoms with van der Waals surface area (Å²) in [6.45, 7) is 4.08. The van der Waals surface area contributed by atoms with Crippen molar-refractivity contribution in [1.29, 1.82) is 0 Å². The predicted octanol–water partition coefficient (Wildman–Crippen LogP) is 2.49. The Bertz CT molecular complexity index is 714. The van der Waals surface area contributed by atoms with Crippen LogP contribution in [0.5, 0.6) is 5.75 Å². The maximum absolute atomic E-state index is 5.52. The first-order chi connectivity index (χ1) is 12.3. The van der Waals surface area contributed by atoms with E-state index in [-0.39, 0.29) is 0 Å². The molecule has 4 rings (SSSR count). The van der Waals surface area contributed by atoms with Crippen LogP contribution in [0.3, 0.4) is 0 Å². The van der Waals surface area contributed by atoms with Crippen molar-refractivity contribution in [3.63, 3.8) is 0 Å². The van der Waals surface area contributed by atoms with E-state index in [1.54, 1.807) is 13.4 Å². The van der Waals surface area contributed by atoms with Gasteiger partial charge >= 0.3 is 0 Å². The van der Waals surface area contributed by atoms with Gasteiger partial charge in [-0.25, -0.2) is 9.97 Å². The van der Waals surface area contributed by atoms with E-state index in [1.165, 1.54) is 18.4 Å². The highest BCUT2D eigenvalue weighted by atomic mass is 16.5. The minimum Gasteiger partial charge on any atom is -0.496 e.